The monoisotopic (exact) mass is 277 g/mol. The van der Waals surface area contributed by atoms with Crippen molar-refractivity contribution in [3.05, 3.63) is 15.8 Å². The molecule has 1 N–H and O–H groups in total. The number of aliphatic hydroxyl groups excluding tert-OH is 1. The molecule has 98 valence electrons. The normalized spacial score (nSPS) is 14.2. The van der Waals surface area contributed by atoms with Crippen LogP contribution in [0.5, 0.6) is 0 Å². The summed E-state index contributed by atoms with van der Waals surface area (Å²) in [6.07, 6.45) is 0.757. The van der Waals surface area contributed by atoms with Crippen molar-refractivity contribution in [2.45, 2.75) is 44.7 Å². The Bertz CT molecular complexity index is 479. The van der Waals surface area contributed by atoms with Crippen molar-refractivity contribution in [1.82, 2.24) is 4.31 Å². The topological polar surface area (TPSA) is 57.6 Å². The van der Waals surface area contributed by atoms with E-state index in [-0.39, 0.29) is 17.5 Å². The molecule has 0 saturated carbocycles. The molecule has 0 saturated heterocycles. The maximum Gasteiger partial charge on any atom is 0.244 e. The Labute approximate surface area is 107 Å². The van der Waals surface area contributed by atoms with Crippen LogP contribution in [0.2, 0.25) is 0 Å². The minimum atomic E-state index is -3.50. The number of rotatable bonds is 5. The van der Waals surface area contributed by atoms with Crippen LogP contribution in [0.25, 0.3) is 0 Å². The molecular weight excluding hydrogens is 258 g/mol. The zero-order valence-electron chi connectivity index (χ0n) is 10.6. The molecule has 4 nitrogen and oxygen atoms in total. The lowest BCUT2D eigenvalue weighted by molar-refractivity contribution is 0.282. The molecule has 0 bridgehead atoms. The van der Waals surface area contributed by atoms with Crippen LogP contribution in [0.4, 0.5) is 0 Å². The molecule has 1 aromatic rings. The van der Waals surface area contributed by atoms with Crippen molar-refractivity contribution >= 4 is 21.4 Å². The molecule has 0 radical (unpaired) electrons. The Balaban J connectivity index is 3.26. The number of aliphatic hydroxyl groups is 1. The van der Waals surface area contributed by atoms with E-state index in [0.717, 1.165) is 6.42 Å². The third-order valence-corrected chi connectivity index (χ3v) is 6.40. The lowest BCUT2D eigenvalue weighted by atomic mass is 10.3. The van der Waals surface area contributed by atoms with Gasteiger partial charge in [-0.25, -0.2) is 8.42 Å². The predicted octanol–water partition coefficient (Wildman–Crippen LogP) is 1.97. The number of hydrogen-bond acceptors (Lipinski definition) is 4. The quantitative estimate of drug-likeness (QED) is 0.895. The first kappa shape index (κ1) is 14.6. The highest BCUT2D eigenvalue weighted by Gasteiger charge is 2.29. The Hall–Kier alpha value is -0.430. The zero-order valence-corrected chi connectivity index (χ0v) is 12.2. The van der Waals surface area contributed by atoms with Gasteiger partial charge in [-0.2, -0.15) is 4.31 Å². The van der Waals surface area contributed by atoms with Gasteiger partial charge >= 0.3 is 0 Å². The van der Waals surface area contributed by atoms with E-state index in [9.17, 15) is 13.5 Å². The molecule has 0 amide bonds. The summed E-state index contributed by atoms with van der Waals surface area (Å²) < 4.78 is 26.2. The molecule has 1 atom stereocenters. The summed E-state index contributed by atoms with van der Waals surface area (Å²) >= 11 is 1.28. The molecule has 1 heterocycles. The van der Waals surface area contributed by atoms with Crippen molar-refractivity contribution in [2.75, 3.05) is 7.05 Å². The van der Waals surface area contributed by atoms with Gasteiger partial charge in [0.25, 0.3) is 0 Å². The molecule has 0 aliphatic heterocycles. The highest BCUT2D eigenvalue weighted by Crippen LogP contribution is 2.30. The largest absolute Gasteiger partial charge is 0.391 e. The third kappa shape index (κ3) is 2.70. The van der Waals surface area contributed by atoms with Gasteiger partial charge in [0.15, 0.2) is 0 Å². The van der Waals surface area contributed by atoms with Crippen molar-refractivity contribution < 1.29 is 13.5 Å². The van der Waals surface area contributed by atoms with Gasteiger partial charge in [0, 0.05) is 13.1 Å². The van der Waals surface area contributed by atoms with Crippen LogP contribution in [0, 0.1) is 6.92 Å². The second-order valence-corrected chi connectivity index (χ2v) is 7.01. The fourth-order valence-corrected chi connectivity index (χ4v) is 4.62. The SMILES string of the molecule is CCC(C)N(C)S(=O)(=O)c1c(C)csc1CO. The summed E-state index contributed by atoms with van der Waals surface area (Å²) in [5.41, 5.74) is 0.703. The average Bonchev–Trinajstić information content (AvgIpc) is 2.68. The fourth-order valence-electron chi connectivity index (χ4n) is 1.58. The number of aryl methyl sites for hydroxylation is 1. The van der Waals surface area contributed by atoms with Gasteiger partial charge in [0.2, 0.25) is 10.0 Å². The summed E-state index contributed by atoms with van der Waals surface area (Å²) in [5.74, 6) is 0. The first-order valence-corrected chi connectivity index (χ1v) is 7.84. The van der Waals surface area contributed by atoms with Crippen LogP contribution in [0.1, 0.15) is 30.7 Å². The van der Waals surface area contributed by atoms with E-state index >= 15 is 0 Å². The van der Waals surface area contributed by atoms with Gasteiger partial charge < -0.3 is 5.11 Å². The molecule has 6 heteroatoms. The van der Waals surface area contributed by atoms with E-state index in [4.69, 9.17) is 0 Å². The summed E-state index contributed by atoms with van der Waals surface area (Å²) in [7, 11) is -1.91. The van der Waals surface area contributed by atoms with Crippen molar-refractivity contribution in [3.8, 4) is 0 Å². The Morgan fingerprint density at radius 3 is 2.59 bits per heavy atom. The third-order valence-electron chi connectivity index (χ3n) is 2.98. The lowest BCUT2D eigenvalue weighted by Crippen LogP contribution is -2.35. The highest BCUT2D eigenvalue weighted by atomic mass is 32.2. The smallest absolute Gasteiger partial charge is 0.244 e. The van der Waals surface area contributed by atoms with Crippen LogP contribution in [0.3, 0.4) is 0 Å². The van der Waals surface area contributed by atoms with E-state index in [0.29, 0.717) is 10.4 Å². The van der Waals surface area contributed by atoms with Gasteiger partial charge in [-0.1, -0.05) is 6.92 Å². The van der Waals surface area contributed by atoms with Gasteiger partial charge in [0.1, 0.15) is 4.90 Å². The van der Waals surface area contributed by atoms with Gasteiger partial charge in [-0.15, -0.1) is 11.3 Å². The van der Waals surface area contributed by atoms with E-state index in [1.807, 2.05) is 13.8 Å². The first-order valence-electron chi connectivity index (χ1n) is 5.52. The number of hydrogen-bond donors (Lipinski definition) is 1. The van der Waals surface area contributed by atoms with E-state index < -0.39 is 10.0 Å². The van der Waals surface area contributed by atoms with Gasteiger partial charge in [0.05, 0.1) is 11.5 Å². The molecule has 0 aromatic carbocycles. The first-order chi connectivity index (χ1) is 7.86. The minimum absolute atomic E-state index is 0.0501. The molecule has 0 aliphatic carbocycles. The molecular formula is C11H19NO3S2. The minimum Gasteiger partial charge on any atom is -0.391 e. The molecule has 0 spiro atoms. The summed E-state index contributed by atoms with van der Waals surface area (Å²) in [5, 5.41) is 11.0. The molecule has 1 unspecified atom stereocenters. The summed E-state index contributed by atoms with van der Waals surface area (Å²) in [4.78, 5) is 0.783. The van der Waals surface area contributed by atoms with Gasteiger partial charge in [-0.05, 0) is 31.2 Å². The molecule has 1 aromatic heterocycles. The number of nitrogens with zero attached hydrogens (tertiary/aromatic N) is 1. The second kappa shape index (κ2) is 5.48. The number of thiophene rings is 1. The number of sulfonamides is 1. The molecule has 17 heavy (non-hydrogen) atoms. The van der Waals surface area contributed by atoms with Crippen LogP contribution in [-0.4, -0.2) is 30.9 Å². The Morgan fingerprint density at radius 2 is 2.12 bits per heavy atom. The highest BCUT2D eigenvalue weighted by molar-refractivity contribution is 7.89. The van der Waals surface area contributed by atoms with Crippen molar-refractivity contribution in [1.29, 1.82) is 0 Å². The van der Waals surface area contributed by atoms with Crippen LogP contribution >= 0.6 is 11.3 Å². The van der Waals surface area contributed by atoms with Gasteiger partial charge in [-0.3, -0.25) is 0 Å². The second-order valence-electron chi connectivity index (χ2n) is 4.11. The maximum atomic E-state index is 12.4. The van der Waals surface area contributed by atoms with E-state index in [2.05, 4.69) is 0 Å². The average molecular weight is 277 g/mol. The Kier molecular flexibility index (Phi) is 4.71. The Morgan fingerprint density at radius 1 is 1.53 bits per heavy atom. The van der Waals surface area contributed by atoms with Crippen LogP contribution in [-0.2, 0) is 16.6 Å². The van der Waals surface area contributed by atoms with Crippen LogP contribution in [0.15, 0.2) is 10.3 Å². The molecule has 1 rings (SSSR count). The predicted molar refractivity (Wildman–Crippen MR) is 69.7 cm³/mol. The summed E-state index contributed by atoms with van der Waals surface area (Å²) in [6.45, 7) is 5.34. The van der Waals surface area contributed by atoms with E-state index in [1.54, 1.807) is 19.4 Å². The fraction of sp³-hybridized carbons (Fsp3) is 0.636. The lowest BCUT2D eigenvalue weighted by Gasteiger charge is -2.23. The van der Waals surface area contributed by atoms with E-state index in [1.165, 1.54) is 15.6 Å². The molecule has 0 aliphatic rings. The van der Waals surface area contributed by atoms with Crippen molar-refractivity contribution in [2.24, 2.45) is 0 Å². The van der Waals surface area contributed by atoms with Crippen LogP contribution < -0.4 is 0 Å². The molecule has 0 fully saturated rings. The standard InChI is InChI=1S/C11H19NO3S2/c1-5-9(3)12(4)17(14,15)11-8(2)7-16-10(11)6-13/h7,9,13H,5-6H2,1-4H3. The zero-order chi connectivity index (χ0) is 13.2. The van der Waals surface area contributed by atoms with Crippen molar-refractivity contribution in [3.63, 3.8) is 0 Å². The maximum absolute atomic E-state index is 12.4. The summed E-state index contributed by atoms with van der Waals surface area (Å²) in [6, 6.07) is -0.0501.